The van der Waals surface area contributed by atoms with Crippen LogP contribution >= 0.6 is 0 Å². The van der Waals surface area contributed by atoms with Crippen molar-refractivity contribution in [3.63, 3.8) is 0 Å². The van der Waals surface area contributed by atoms with Gasteiger partial charge in [-0.15, -0.1) is 0 Å². The zero-order valence-electron chi connectivity index (χ0n) is 11.7. The number of anilines is 1. The van der Waals surface area contributed by atoms with E-state index in [-0.39, 0.29) is 6.04 Å². The zero-order chi connectivity index (χ0) is 13.4. The summed E-state index contributed by atoms with van der Waals surface area (Å²) >= 11 is 0. The Hall–Kier alpha value is -2.02. The van der Waals surface area contributed by atoms with Crippen molar-refractivity contribution in [1.29, 1.82) is 0 Å². The van der Waals surface area contributed by atoms with Crippen LogP contribution in [0.1, 0.15) is 33.9 Å². The smallest absolute Gasteiger partial charge is 0.0701 e. The first-order chi connectivity index (χ1) is 9.11. The lowest BCUT2D eigenvalue weighted by molar-refractivity contribution is 0.972. The molecule has 1 nitrogen and oxygen atoms in total. The first kappa shape index (κ1) is 12.0. The number of aryl methyl sites for hydroxylation is 3. The maximum Gasteiger partial charge on any atom is 0.0701 e. The quantitative estimate of drug-likeness (QED) is 0.766. The van der Waals surface area contributed by atoms with E-state index in [2.05, 4.69) is 74.6 Å². The number of hydrogen-bond acceptors (Lipinski definition) is 1. The van der Waals surface area contributed by atoms with E-state index in [0.29, 0.717) is 0 Å². The lowest BCUT2D eigenvalue weighted by Gasteiger charge is -2.23. The van der Waals surface area contributed by atoms with Crippen molar-refractivity contribution in [3.05, 3.63) is 70.3 Å². The van der Waals surface area contributed by atoms with Gasteiger partial charge >= 0.3 is 0 Å². The Kier molecular flexibility index (Phi) is 2.90. The maximum absolute atomic E-state index is 3.61. The summed E-state index contributed by atoms with van der Waals surface area (Å²) in [6.07, 6.45) is 4.47. The van der Waals surface area contributed by atoms with E-state index in [1.54, 1.807) is 0 Å². The highest BCUT2D eigenvalue weighted by Gasteiger charge is 2.14. The number of hydrogen-bond donors (Lipinski definition) is 1. The van der Waals surface area contributed by atoms with Gasteiger partial charge < -0.3 is 5.32 Å². The molecule has 1 aliphatic rings. The van der Waals surface area contributed by atoms with E-state index < -0.39 is 0 Å². The van der Waals surface area contributed by atoms with Gasteiger partial charge in [0.2, 0.25) is 0 Å². The summed E-state index contributed by atoms with van der Waals surface area (Å²) in [5.74, 6) is 0. The fourth-order valence-electron chi connectivity index (χ4n) is 2.75. The van der Waals surface area contributed by atoms with Gasteiger partial charge in [-0.05, 0) is 44.0 Å². The van der Waals surface area contributed by atoms with Crippen LogP contribution in [0.4, 0.5) is 5.69 Å². The van der Waals surface area contributed by atoms with Crippen LogP contribution in [0.15, 0.2) is 42.5 Å². The van der Waals surface area contributed by atoms with Crippen LogP contribution in [0.5, 0.6) is 0 Å². The van der Waals surface area contributed by atoms with Gasteiger partial charge in [-0.25, -0.2) is 0 Å². The van der Waals surface area contributed by atoms with Crippen molar-refractivity contribution in [1.82, 2.24) is 0 Å². The van der Waals surface area contributed by atoms with Gasteiger partial charge in [-0.1, -0.05) is 53.1 Å². The molecule has 1 heteroatoms. The molecule has 2 aromatic carbocycles. The second-order valence-electron chi connectivity index (χ2n) is 5.49. The van der Waals surface area contributed by atoms with Crippen LogP contribution in [-0.2, 0) is 0 Å². The molecule has 0 amide bonds. The molecule has 1 unspecified atom stereocenters. The van der Waals surface area contributed by atoms with Crippen LogP contribution in [0, 0.1) is 20.8 Å². The third-order valence-electron chi connectivity index (χ3n) is 3.59. The minimum Gasteiger partial charge on any atom is -0.374 e. The molecule has 3 rings (SSSR count). The van der Waals surface area contributed by atoms with E-state index in [0.717, 1.165) is 0 Å². The molecule has 0 spiro atoms. The molecule has 0 saturated carbocycles. The fraction of sp³-hybridized carbons (Fsp3) is 0.222. The average molecular weight is 249 g/mol. The average Bonchev–Trinajstić information content (AvgIpc) is 2.37. The molecule has 96 valence electrons. The summed E-state index contributed by atoms with van der Waals surface area (Å²) in [5, 5.41) is 3.61. The Bertz CT molecular complexity index is 632. The van der Waals surface area contributed by atoms with E-state index in [9.17, 15) is 0 Å². The summed E-state index contributed by atoms with van der Waals surface area (Å²) in [7, 11) is 0. The highest BCUT2D eigenvalue weighted by atomic mass is 14.9. The number of nitrogens with one attached hydrogen (secondary N) is 1. The summed E-state index contributed by atoms with van der Waals surface area (Å²) in [4.78, 5) is 0. The Morgan fingerprint density at radius 1 is 0.842 bits per heavy atom. The van der Waals surface area contributed by atoms with Gasteiger partial charge in [0.25, 0.3) is 0 Å². The van der Waals surface area contributed by atoms with Gasteiger partial charge in [-0.2, -0.15) is 0 Å². The number of benzene rings is 2. The molecule has 1 atom stereocenters. The Balaban J connectivity index is 1.96. The minimum atomic E-state index is 0.272. The van der Waals surface area contributed by atoms with E-state index in [1.807, 2.05) is 0 Å². The van der Waals surface area contributed by atoms with Crippen molar-refractivity contribution >= 4 is 11.8 Å². The largest absolute Gasteiger partial charge is 0.374 e. The van der Waals surface area contributed by atoms with E-state index >= 15 is 0 Å². The van der Waals surface area contributed by atoms with Gasteiger partial charge in [0.1, 0.15) is 0 Å². The molecule has 1 heterocycles. The van der Waals surface area contributed by atoms with Crippen molar-refractivity contribution in [2.45, 2.75) is 26.8 Å². The van der Waals surface area contributed by atoms with Gasteiger partial charge in [0, 0.05) is 5.69 Å². The Morgan fingerprint density at radius 2 is 1.58 bits per heavy atom. The molecule has 0 saturated heterocycles. The zero-order valence-corrected chi connectivity index (χ0v) is 11.7. The lowest BCUT2D eigenvalue weighted by atomic mass is 9.96. The molecule has 19 heavy (non-hydrogen) atoms. The van der Waals surface area contributed by atoms with E-state index in [4.69, 9.17) is 0 Å². The highest BCUT2D eigenvalue weighted by molar-refractivity contribution is 5.72. The van der Waals surface area contributed by atoms with Crippen LogP contribution in [0.2, 0.25) is 0 Å². The number of rotatable bonds is 1. The Morgan fingerprint density at radius 3 is 2.32 bits per heavy atom. The standard InChI is InChI=1S/C18H19N/c1-12-4-6-17-15(9-12)5-7-18(19-17)16-10-13(2)8-14(3)11-16/h4-11,18-19H,1-3H3. The Labute approximate surface area is 115 Å². The summed E-state index contributed by atoms with van der Waals surface area (Å²) < 4.78 is 0. The maximum atomic E-state index is 3.61. The predicted molar refractivity (Wildman–Crippen MR) is 82.5 cm³/mol. The third-order valence-corrected chi connectivity index (χ3v) is 3.59. The molecule has 0 radical (unpaired) electrons. The molecule has 0 aromatic heterocycles. The summed E-state index contributed by atoms with van der Waals surface area (Å²) in [6, 6.07) is 13.5. The van der Waals surface area contributed by atoms with E-state index in [1.165, 1.54) is 33.5 Å². The van der Waals surface area contributed by atoms with Crippen LogP contribution < -0.4 is 5.32 Å². The second kappa shape index (κ2) is 4.58. The summed E-state index contributed by atoms with van der Waals surface area (Å²) in [5.41, 5.74) is 7.77. The highest BCUT2D eigenvalue weighted by Crippen LogP contribution is 2.31. The number of fused-ring (bicyclic) bond motifs is 1. The molecule has 0 bridgehead atoms. The lowest BCUT2D eigenvalue weighted by Crippen LogP contribution is -2.12. The molecule has 1 aliphatic heterocycles. The molecule has 1 N–H and O–H groups in total. The molecular formula is C18H19N. The van der Waals surface area contributed by atoms with Crippen LogP contribution in [-0.4, -0.2) is 0 Å². The molecular weight excluding hydrogens is 230 g/mol. The minimum absolute atomic E-state index is 0.272. The predicted octanol–water partition coefficient (Wildman–Crippen LogP) is 4.79. The van der Waals surface area contributed by atoms with Crippen molar-refractivity contribution in [2.24, 2.45) is 0 Å². The third kappa shape index (κ3) is 2.41. The molecule has 0 aliphatic carbocycles. The normalized spacial score (nSPS) is 16.9. The molecule has 2 aromatic rings. The fourth-order valence-corrected chi connectivity index (χ4v) is 2.75. The molecule has 0 fully saturated rings. The first-order valence-corrected chi connectivity index (χ1v) is 6.75. The first-order valence-electron chi connectivity index (χ1n) is 6.75. The van der Waals surface area contributed by atoms with Gasteiger partial charge in [0.05, 0.1) is 6.04 Å². The van der Waals surface area contributed by atoms with Crippen molar-refractivity contribution in [3.8, 4) is 0 Å². The topological polar surface area (TPSA) is 12.0 Å². The summed E-state index contributed by atoms with van der Waals surface area (Å²) in [6.45, 7) is 6.44. The van der Waals surface area contributed by atoms with Crippen LogP contribution in [0.25, 0.3) is 6.08 Å². The van der Waals surface area contributed by atoms with Crippen molar-refractivity contribution < 1.29 is 0 Å². The van der Waals surface area contributed by atoms with Crippen molar-refractivity contribution in [2.75, 3.05) is 5.32 Å². The second-order valence-corrected chi connectivity index (χ2v) is 5.49. The van der Waals surface area contributed by atoms with Gasteiger partial charge in [0.15, 0.2) is 0 Å². The van der Waals surface area contributed by atoms with Crippen LogP contribution in [0.3, 0.4) is 0 Å². The SMILES string of the molecule is Cc1cc(C)cc(C2C=Cc3cc(C)ccc3N2)c1. The van der Waals surface area contributed by atoms with Gasteiger partial charge in [-0.3, -0.25) is 0 Å². The monoisotopic (exact) mass is 249 g/mol.